The second-order valence-corrected chi connectivity index (χ2v) is 9.62. The molecule has 2 aromatic rings. The third-order valence-corrected chi connectivity index (χ3v) is 5.86. The van der Waals surface area contributed by atoms with Crippen molar-refractivity contribution in [1.82, 2.24) is 0 Å². The van der Waals surface area contributed by atoms with Crippen molar-refractivity contribution < 1.29 is 66.7 Å². The number of carbonyl (C=O) groups is 6. The highest BCUT2D eigenvalue weighted by atomic mass is 16.7. The molecular weight excluding hydrogens is 596 g/mol. The first-order valence-corrected chi connectivity index (χ1v) is 13.5. The largest absolute Gasteiger partial charge is 0.467 e. The summed E-state index contributed by atoms with van der Waals surface area (Å²) in [5.74, 6) is -4.12. The molecule has 0 N–H and O–H groups in total. The fourth-order valence-electron chi connectivity index (χ4n) is 4.30. The van der Waals surface area contributed by atoms with Crippen LogP contribution in [0.2, 0.25) is 0 Å². The highest BCUT2D eigenvalue weighted by molar-refractivity contribution is 5.77. The van der Waals surface area contributed by atoms with Crippen LogP contribution in [0, 0.1) is 0 Å². The Morgan fingerprint density at radius 2 is 1.11 bits per heavy atom. The fraction of sp³-hybridized carbons (Fsp3) is 0.355. The van der Waals surface area contributed by atoms with Crippen LogP contribution in [0.15, 0.2) is 42.5 Å². The van der Waals surface area contributed by atoms with Gasteiger partial charge < -0.3 is 37.9 Å². The standard InChI is InChI=1S/C31H32O14/c1-16(32)39-23-11-9-21(10-12-23)7-8-22-13-24(40-17(2)33)15-25(14-22)44-31-29(43-20(5)36)27(42-19(4)35)26(41-18(3)34)28(45-31)30(37)38-6/h7-15,26-29,31H,1-6H3. The Morgan fingerprint density at radius 3 is 1.67 bits per heavy atom. The number of hydrogen-bond donors (Lipinski definition) is 0. The lowest BCUT2D eigenvalue weighted by Gasteiger charge is -2.43. The average Bonchev–Trinajstić information content (AvgIpc) is 2.93. The van der Waals surface area contributed by atoms with Gasteiger partial charge in [-0.25, -0.2) is 4.79 Å². The molecule has 0 aliphatic carbocycles. The molecule has 3 rings (SSSR count). The van der Waals surface area contributed by atoms with Crippen molar-refractivity contribution in [3.05, 3.63) is 53.6 Å². The molecule has 5 atom stereocenters. The minimum atomic E-state index is -1.66. The SMILES string of the molecule is COC(=O)C1OC(Oc2cc(C=Cc3ccc(OC(C)=O)cc3)cc(OC(C)=O)c2)C(OC(C)=O)C(OC(C)=O)C1OC(C)=O. The summed E-state index contributed by atoms with van der Waals surface area (Å²) < 4.78 is 42.9. The van der Waals surface area contributed by atoms with Crippen LogP contribution in [0.25, 0.3) is 12.2 Å². The van der Waals surface area contributed by atoms with Crippen molar-refractivity contribution in [2.24, 2.45) is 0 Å². The van der Waals surface area contributed by atoms with Gasteiger partial charge in [0.15, 0.2) is 18.3 Å². The van der Waals surface area contributed by atoms with E-state index in [0.717, 1.165) is 33.4 Å². The number of methoxy groups -OCH3 is 1. The van der Waals surface area contributed by atoms with E-state index in [1.807, 2.05) is 0 Å². The lowest BCUT2D eigenvalue weighted by Crippen LogP contribution is -2.64. The molecule has 5 unspecified atom stereocenters. The maximum absolute atomic E-state index is 12.7. The van der Waals surface area contributed by atoms with Gasteiger partial charge in [-0.1, -0.05) is 24.3 Å². The Morgan fingerprint density at radius 1 is 0.600 bits per heavy atom. The molecule has 0 amide bonds. The van der Waals surface area contributed by atoms with Gasteiger partial charge >= 0.3 is 35.8 Å². The van der Waals surface area contributed by atoms with Crippen molar-refractivity contribution in [1.29, 1.82) is 0 Å². The zero-order chi connectivity index (χ0) is 33.3. The van der Waals surface area contributed by atoms with Gasteiger partial charge in [-0.2, -0.15) is 0 Å². The molecular formula is C31H32O14. The van der Waals surface area contributed by atoms with E-state index in [0.29, 0.717) is 11.3 Å². The van der Waals surface area contributed by atoms with Crippen molar-refractivity contribution >= 4 is 48.0 Å². The molecule has 0 radical (unpaired) electrons. The molecule has 0 spiro atoms. The molecule has 2 aromatic carbocycles. The minimum Gasteiger partial charge on any atom is -0.467 e. The molecule has 1 fully saturated rings. The zero-order valence-corrected chi connectivity index (χ0v) is 25.3. The van der Waals surface area contributed by atoms with Gasteiger partial charge in [-0.05, 0) is 35.4 Å². The zero-order valence-electron chi connectivity index (χ0n) is 25.3. The van der Waals surface area contributed by atoms with Gasteiger partial charge in [0.25, 0.3) is 0 Å². The summed E-state index contributed by atoms with van der Waals surface area (Å²) in [6, 6.07) is 11.1. The van der Waals surface area contributed by atoms with Crippen molar-refractivity contribution in [3.63, 3.8) is 0 Å². The Bertz CT molecular complexity index is 1460. The summed E-state index contributed by atoms with van der Waals surface area (Å²) in [5, 5.41) is 0. The maximum atomic E-state index is 12.7. The molecule has 14 nitrogen and oxygen atoms in total. The van der Waals surface area contributed by atoms with Crippen LogP contribution in [0.5, 0.6) is 17.2 Å². The molecule has 0 saturated carbocycles. The van der Waals surface area contributed by atoms with Gasteiger partial charge in [-0.3, -0.25) is 24.0 Å². The van der Waals surface area contributed by atoms with Crippen LogP contribution >= 0.6 is 0 Å². The van der Waals surface area contributed by atoms with E-state index >= 15 is 0 Å². The Kier molecular flexibility index (Phi) is 11.8. The lowest BCUT2D eigenvalue weighted by molar-refractivity contribution is -0.282. The Hall–Kier alpha value is -5.24. The van der Waals surface area contributed by atoms with Crippen LogP contribution in [-0.4, -0.2) is 73.6 Å². The molecule has 1 heterocycles. The number of esters is 6. The number of carbonyl (C=O) groups excluding carboxylic acids is 6. The van der Waals surface area contributed by atoms with Gasteiger partial charge in [0, 0.05) is 40.7 Å². The quantitative estimate of drug-likeness (QED) is 0.162. The number of ether oxygens (including phenoxy) is 8. The van der Waals surface area contributed by atoms with Gasteiger partial charge in [0.2, 0.25) is 12.4 Å². The third-order valence-electron chi connectivity index (χ3n) is 5.86. The molecule has 240 valence electrons. The third kappa shape index (κ3) is 10.2. The molecule has 1 saturated heterocycles. The van der Waals surface area contributed by atoms with Crippen LogP contribution in [0.3, 0.4) is 0 Å². The molecule has 45 heavy (non-hydrogen) atoms. The predicted octanol–water partition coefficient (Wildman–Crippen LogP) is 2.78. The van der Waals surface area contributed by atoms with Crippen LogP contribution < -0.4 is 14.2 Å². The van der Waals surface area contributed by atoms with E-state index in [1.54, 1.807) is 42.5 Å². The fourth-order valence-corrected chi connectivity index (χ4v) is 4.30. The highest BCUT2D eigenvalue weighted by Gasteiger charge is 2.55. The maximum Gasteiger partial charge on any atom is 0.339 e. The molecule has 0 aromatic heterocycles. The average molecular weight is 629 g/mol. The van der Waals surface area contributed by atoms with E-state index in [4.69, 9.17) is 37.9 Å². The summed E-state index contributed by atoms with van der Waals surface area (Å²) in [5.41, 5.74) is 1.21. The molecule has 1 aliphatic rings. The molecule has 0 bridgehead atoms. The molecule has 14 heteroatoms. The second kappa shape index (κ2) is 15.5. The number of hydrogen-bond acceptors (Lipinski definition) is 14. The normalized spacial score (nSPS) is 20.8. The van der Waals surface area contributed by atoms with Crippen LogP contribution in [0.4, 0.5) is 0 Å². The smallest absolute Gasteiger partial charge is 0.339 e. The number of rotatable bonds is 10. The number of benzene rings is 2. The highest BCUT2D eigenvalue weighted by Crippen LogP contribution is 2.33. The van der Waals surface area contributed by atoms with Gasteiger partial charge in [0.1, 0.15) is 17.2 Å². The van der Waals surface area contributed by atoms with Crippen molar-refractivity contribution in [3.8, 4) is 17.2 Å². The first-order valence-electron chi connectivity index (χ1n) is 13.5. The van der Waals surface area contributed by atoms with Crippen LogP contribution in [-0.2, 0) is 52.5 Å². The van der Waals surface area contributed by atoms with E-state index < -0.39 is 66.5 Å². The first kappa shape index (κ1) is 34.3. The second-order valence-electron chi connectivity index (χ2n) is 9.62. The lowest BCUT2D eigenvalue weighted by atomic mass is 9.97. The summed E-state index contributed by atoms with van der Waals surface area (Å²) in [4.78, 5) is 71.7. The van der Waals surface area contributed by atoms with Crippen molar-refractivity contribution in [2.75, 3.05) is 7.11 Å². The van der Waals surface area contributed by atoms with Gasteiger partial charge in [0.05, 0.1) is 7.11 Å². The summed E-state index contributed by atoms with van der Waals surface area (Å²) in [6.45, 7) is 5.71. The minimum absolute atomic E-state index is 0.0249. The van der Waals surface area contributed by atoms with E-state index in [2.05, 4.69) is 0 Å². The summed E-state index contributed by atoms with van der Waals surface area (Å²) in [6.07, 6.45) is -4.55. The first-order chi connectivity index (χ1) is 21.2. The Labute approximate surface area is 258 Å². The Balaban J connectivity index is 2.02. The van der Waals surface area contributed by atoms with Crippen LogP contribution in [0.1, 0.15) is 45.7 Å². The van der Waals surface area contributed by atoms with E-state index in [1.165, 1.54) is 26.0 Å². The predicted molar refractivity (Wildman–Crippen MR) is 152 cm³/mol. The van der Waals surface area contributed by atoms with E-state index in [9.17, 15) is 28.8 Å². The van der Waals surface area contributed by atoms with Crippen molar-refractivity contribution in [2.45, 2.75) is 65.3 Å². The summed E-state index contributed by atoms with van der Waals surface area (Å²) in [7, 11) is 1.07. The summed E-state index contributed by atoms with van der Waals surface area (Å²) >= 11 is 0. The van der Waals surface area contributed by atoms with Gasteiger partial charge in [-0.15, -0.1) is 0 Å². The monoisotopic (exact) mass is 628 g/mol. The molecule has 1 aliphatic heterocycles. The topological polar surface area (TPSA) is 176 Å². The van der Waals surface area contributed by atoms with E-state index in [-0.39, 0.29) is 11.5 Å².